The van der Waals surface area contributed by atoms with Crippen molar-refractivity contribution in [2.75, 3.05) is 0 Å². The van der Waals surface area contributed by atoms with Gasteiger partial charge < -0.3 is 9.15 Å². The number of rotatable bonds is 4. The number of furan rings is 1. The van der Waals surface area contributed by atoms with Crippen LogP contribution in [0.5, 0.6) is 5.75 Å². The van der Waals surface area contributed by atoms with Crippen LogP contribution in [0.15, 0.2) is 193 Å². The number of nitrogens with zero attached hydrogens (tertiary/aromatic N) is 3. The van der Waals surface area contributed by atoms with Gasteiger partial charge in [0.2, 0.25) is 0 Å². The maximum atomic E-state index is 6.78. The zero-order chi connectivity index (χ0) is 37.9. The molecular formula is C52H33N3O2. The van der Waals surface area contributed by atoms with Gasteiger partial charge in [0.1, 0.15) is 22.7 Å². The molecule has 0 saturated heterocycles. The topological polar surface area (TPSA) is 61.0 Å². The van der Waals surface area contributed by atoms with Crippen LogP contribution in [-0.4, -0.2) is 15.0 Å². The monoisotopic (exact) mass is 731 g/mol. The molecule has 0 saturated carbocycles. The second-order valence-electron chi connectivity index (χ2n) is 14.5. The number of allylic oxidation sites excluding steroid dienone is 4. The highest BCUT2D eigenvalue weighted by molar-refractivity contribution is 6.15. The van der Waals surface area contributed by atoms with E-state index < -0.39 is 0 Å². The molecule has 0 atom stereocenters. The summed E-state index contributed by atoms with van der Waals surface area (Å²) in [7, 11) is 0. The summed E-state index contributed by atoms with van der Waals surface area (Å²) >= 11 is 0. The van der Waals surface area contributed by atoms with Gasteiger partial charge in [-0.2, -0.15) is 0 Å². The lowest BCUT2D eigenvalue weighted by molar-refractivity contribution is 0.443. The molecule has 5 nitrogen and oxygen atoms in total. The van der Waals surface area contributed by atoms with E-state index in [4.69, 9.17) is 24.1 Å². The molecule has 0 N–H and O–H groups in total. The number of hydrogen-bond acceptors (Lipinski definition) is 5. The van der Waals surface area contributed by atoms with Gasteiger partial charge in [0.05, 0.1) is 0 Å². The molecule has 3 heterocycles. The Morgan fingerprint density at radius 3 is 1.74 bits per heavy atom. The first-order chi connectivity index (χ1) is 28.1. The van der Waals surface area contributed by atoms with Crippen molar-refractivity contribution < 1.29 is 9.15 Å². The number of aromatic nitrogens is 3. The second kappa shape index (κ2) is 13.3. The quantitative estimate of drug-likeness (QED) is 0.180. The lowest BCUT2D eigenvalue weighted by Gasteiger charge is -2.12. The summed E-state index contributed by atoms with van der Waals surface area (Å²) < 4.78 is 13.1. The lowest BCUT2D eigenvalue weighted by Crippen LogP contribution is -2.01. The summed E-state index contributed by atoms with van der Waals surface area (Å²) in [5.41, 5.74) is 7.29. The van der Waals surface area contributed by atoms with E-state index in [2.05, 4.69) is 152 Å². The van der Waals surface area contributed by atoms with E-state index in [-0.39, 0.29) is 0 Å². The Kier molecular flexibility index (Phi) is 7.64. The Morgan fingerprint density at radius 1 is 0.491 bits per heavy atom. The van der Waals surface area contributed by atoms with Gasteiger partial charge in [0.25, 0.3) is 0 Å². The molecule has 8 aromatic carbocycles. The summed E-state index contributed by atoms with van der Waals surface area (Å²) in [6, 6.07) is 54.5. The first-order valence-corrected chi connectivity index (χ1v) is 19.1. The Hall–Kier alpha value is -7.63. The summed E-state index contributed by atoms with van der Waals surface area (Å²) in [6.07, 6.45) is 6.89. The molecule has 5 heteroatoms. The van der Waals surface area contributed by atoms with Gasteiger partial charge in [0, 0.05) is 33.0 Å². The van der Waals surface area contributed by atoms with Gasteiger partial charge in [-0.25, -0.2) is 15.0 Å². The van der Waals surface area contributed by atoms with Gasteiger partial charge >= 0.3 is 0 Å². The standard InChI is InChI=1S/C52H33N3O2/c1-32-18-19-35(22-23-40-28-38-14-6-7-15-39(38)31-47(40)56-32)43-26-27-45(48-44-16-8-9-17-46(44)57-49(43)48)52-54-50(41-24-20-33-10-2-4-12-36(33)29-41)53-51(55-52)42-25-21-34-11-3-5-13-37(34)30-42/h2-22,24-31H,1,23H2/b19-18-,35-22+. The van der Waals surface area contributed by atoms with Crippen molar-refractivity contribution in [3.05, 3.63) is 199 Å². The summed E-state index contributed by atoms with van der Waals surface area (Å²) in [5, 5.41) is 8.79. The molecule has 0 aliphatic carbocycles. The van der Waals surface area contributed by atoms with Crippen LogP contribution in [0.4, 0.5) is 0 Å². The van der Waals surface area contributed by atoms with Crippen molar-refractivity contribution in [2.45, 2.75) is 6.42 Å². The Balaban J connectivity index is 1.12. The Bertz CT molecular complexity index is 3240. The fraction of sp³-hybridized carbons (Fsp3) is 0.0192. The van der Waals surface area contributed by atoms with Crippen LogP contribution in [0.3, 0.4) is 0 Å². The van der Waals surface area contributed by atoms with Crippen molar-refractivity contribution in [1.29, 1.82) is 0 Å². The number of hydrogen-bond donors (Lipinski definition) is 0. The third-order valence-corrected chi connectivity index (χ3v) is 10.9. The Morgan fingerprint density at radius 2 is 1.05 bits per heavy atom. The van der Waals surface area contributed by atoms with Gasteiger partial charge in [-0.3, -0.25) is 0 Å². The molecule has 1 aliphatic rings. The van der Waals surface area contributed by atoms with Crippen LogP contribution >= 0.6 is 0 Å². The van der Waals surface area contributed by atoms with Crippen LogP contribution in [0.25, 0.3) is 94.0 Å². The molecule has 0 radical (unpaired) electrons. The molecule has 10 aromatic rings. The van der Waals surface area contributed by atoms with Crippen LogP contribution < -0.4 is 4.74 Å². The summed E-state index contributed by atoms with van der Waals surface area (Å²) in [6.45, 7) is 4.23. The number of benzene rings is 8. The summed E-state index contributed by atoms with van der Waals surface area (Å²) in [4.78, 5) is 15.6. The highest BCUT2D eigenvalue weighted by atomic mass is 16.5. The number of para-hydroxylation sites is 1. The van der Waals surface area contributed by atoms with E-state index in [1.807, 2.05) is 30.3 Å². The lowest BCUT2D eigenvalue weighted by atomic mass is 9.96. The molecule has 268 valence electrons. The fourth-order valence-electron chi connectivity index (χ4n) is 8.02. The molecule has 1 aliphatic heterocycles. The second-order valence-corrected chi connectivity index (χ2v) is 14.5. The van der Waals surface area contributed by atoms with Crippen molar-refractivity contribution in [3.63, 3.8) is 0 Å². The third kappa shape index (κ3) is 5.85. The van der Waals surface area contributed by atoms with E-state index in [0.29, 0.717) is 29.7 Å². The van der Waals surface area contributed by atoms with Crippen LogP contribution in [0.2, 0.25) is 0 Å². The van der Waals surface area contributed by atoms with E-state index in [1.54, 1.807) is 0 Å². The SMILES string of the molecule is C=C1/C=C\C(c2ccc(-c3nc(-c4ccc5ccccc5c4)nc(-c4ccc5ccccc5c4)n3)c3c2oc2ccccc23)=C/Cc2cc3ccccc3cc2O1. The molecule has 0 spiro atoms. The van der Waals surface area contributed by atoms with E-state index >= 15 is 0 Å². The third-order valence-electron chi connectivity index (χ3n) is 10.9. The van der Waals surface area contributed by atoms with Crippen LogP contribution in [-0.2, 0) is 6.42 Å². The zero-order valence-electron chi connectivity index (χ0n) is 30.8. The summed E-state index contributed by atoms with van der Waals surface area (Å²) in [5.74, 6) is 3.14. The van der Waals surface area contributed by atoms with E-state index in [1.165, 1.54) is 5.39 Å². The van der Waals surface area contributed by atoms with Crippen molar-refractivity contribution in [1.82, 2.24) is 15.0 Å². The highest BCUT2D eigenvalue weighted by Crippen LogP contribution is 2.41. The zero-order valence-corrected chi connectivity index (χ0v) is 30.8. The first kappa shape index (κ1) is 32.8. The van der Waals surface area contributed by atoms with Crippen molar-refractivity contribution >= 4 is 59.8 Å². The van der Waals surface area contributed by atoms with Gasteiger partial charge in [-0.15, -0.1) is 0 Å². The molecule has 0 fully saturated rings. The van der Waals surface area contributed by atoms with Gasteiger partial charge in [0.15, 0.2) is 17.5 Å². The minimum Gasteiger partial charge on any atom is -0.458 e. The predicted molar refractivity (Wildman–Crippen MR) is 233 cm³/mol. The molecular weight excluding hydrogens is 699 g/mol. The predicted octanol–water partition coefficient (Wildman–Crippen LogP) is 13.3. The average Bonchev–Trinajstić information content (AvgIpc) is 3.68. The Labute approximate surface area is 328 Å². The van der Waals surface area contributed by atoms with Gasteiger partial charge in [-0.1, -0.05) is 134 Å². The normalized spacial score (nSPS) is 14.5. The van der Waals surface area contributed by atoms with Gasteiger partial charge in [-0.05, 0) is 98.4 Å². The molecule has 11 rings (SSSR count). The number of ether oxygens (including phenoxy) is 1. The molecule has 57 heavy (non-hydrogen) atoms. The van der Waals surface area contributed by atoms with Crippen molar-refractivity contribution in [3.8, 4) is 39.9 Å². The maximum absolute atomic E-state index is 6.78. The fourth-order valence-corrected chi connectivity index (χ4v) is 8.02. The maximum Gasteiger partial charge on any atom is 0.164 e. The minimum absolute atomic E-state index is 0.560. The van der Waals surface area contributed by atoms with Crippen LogP contribution in [0, 0.1) is 0 Å². The molecule has 0 amide bonds. The largest absolute Gasteiger partial charge is 0.458 e. The smallest absolute Gasteiger partial charge is 0.164 e. The average molecular weight is 732 g/mol. The number of fused-ring (bicyclic) bond motifs is 7. The molecule has 2 aromatic heterocycles. The molecule has 0 bridgehead atoms. The van der Waals surface area contributed by atoms with Crippen molar-refractivity contribution in [2.24, 2.45) is 0 Å². The first-order valence-electron chi connectivity index (χ1n) is 19.1. The minimum atomic E-state index is 0.560. The highest BCUT2D eigenvalue weighted by Gasteiger charge is 2.22. The van der Waals surface area contributed by atoms with E-state index in [9.17, 15) is 0 Å². The van der Waals surface area contributed by atoms with E-state index in [0.717, 1.165) is 88.0 Å². The molecule has 0 unspecified atom stereocenters. The van der Waals surface area contributed by atoms with Crippen LogP contribution in [0.1, 0.15) is 11.1 Å².